The Hall–Kier alpha value is -0.860. The number of nitrogens with one attached hydrogen (secondary N) is 1. The number of aliphatic hydroxyl groups is 1. The van der Waals surface area contributed by atoms with Gasteiger partial charge < -0.3 is 10.4 Å². The van der Waals surface area contributed by atoms with Crippen molar-refractivity contribution in [2.24, 2.45) is 0 Å². The molecule has 0 amide bonds. The van der Waals surface area contributed by atoms with Gasteiger partial charge in [-0.15, -0.1) is 0 Å². The molecule has 1 aromatic rings. The maximum Gasteiger partial charge on any atom is 0.0653 e. The van der Waals surface area contributed by atoms with E-state index >= 15 is 0 Å². The molecule has 2 heteroatoms. The van der Waals surface area contributed by atoms with Crippen molar-refractivity contribution in [1.29, 1.82) is 0 Å². The van der Waals surface area contributed by atoms with E-state index in [-0.39, 0.29) is 5.60 Å². The molecular weight excluding hydrogens is 222 g/mol. The molecule has 18 heavy (non-hydrogen) atoms. The molecule has 1 saturated carbocycles. The van der Waals surface area contributed by atoms with Crippen molar-refractivity contribution in [1.82, 2.24) is 5.32 Å². The van der Waals surface area contributed by atoms with Gasteiger partial charge in [-0.05, 0) is 68.7 Å². The van der Waals surface area contributed by atoms with Crippen molar-refractivity contribution >= 4 is 0 Å². The van der Waals surface area contributed by atoms with E-state index in [0.717, 1.165) is 44.7 Å². The number of piperidine rings is 1. The van der Waals surface area contributed by atoms with Gasteiger partial charge in [-0.3, -0.25) is 0 Å². The summed E-state index contributed by atoms with van der Waals surface area (Å²) < 4.78 is 0. The van der Waals surface area contributed by atoms with Crippen LogP contribution in [0.2, 0.25) is 0 Å². The summed E-state index contributed by atoms with van der Waals surface area (Å²) in [5.74, 6) is 0.743. The maximum atomic E-state index is 9.84. The fourth-order valence-corrected chi connectivity index (χ4v) is 2.88. The molecule has 0 radical (unpaired) electrons. The third-order valence-electron chi connectivity index (χ3n) is 4.50. The number of hydrogen-bond donors (Lipinski definition) is 2. The van der Waals surface area contributed by atoms with E-state index in [1.165, 1.54) is 24.0 Å². The van der Waals surface area contributed by atoms with Gasteiger partial charge in [-0.25, -0.2) is 0 Å². The van der Waals surface area contributed by atoms with Gasteiger partial charge in [-0.2, -0.15) is 0 Å². The summed E-state index contributed by atoms with van der Waals surface area (Å²) in [5.41, 5.74) is 2.55. The monoisotopic (exact) mass is 245 g/mol. The summed E-state index contributed by atoms with van der Waals surface area (Å²) in [6.07, 6.45) is 6.47. The minimum atomic E-state index is -0.312. The third-order valence-corrected chi connectivity index (χ3v) is 4.50. The highest BCUT2D eigenvalue weighted by molar-refractivity contribution is 5.26. The van der Waals surface area contributed by atoms with Crippen LogP contribution >= 0.6 is 0 Å². The molecule has 2 fully saturated rings. The number of hydrogen-bond acceptors (Lipinski definition) is 2. The number of aryl methyl sites for hydroxylation is 1. The highest BCUT2D eigenvalue weighted by atomic mass is 16.3. The Morgan fingerprint density at radius 3 is 2.39 bits per heavy atom. The molecule has 2 nitrogen and oxygen atoms in total. The maximum absolute atomic E-state index is 9.84. The topological polar surface area (TPSA) is 32.3 Å². The molecule has 3 rings (SSSR count). The molecule has 0 atom stereocenters. The minimum absolute atomic E-state index is 0.312. The highest BCUT2D eigenvalue weighted by Crippen LogP contribution is 2.39. The van der Waals surface area contributed by atoms with E-state index in [0.29, 0.717) is 0 Å². The van der Waals surface area contributed by atoms with Crippen molar-refractivity contribution in [3.8, 4) is 0 Å². The number of benzene rings is 1. The van der Waals surface area contributed by atoms with Crippen molar-refractivity contribution in [2.45, 2.75) is 50.0 Å². The van der Waals surface area contributed by atoms with E-state index in [1.54, 1.807) is 0 Å². The van der Waals surface area contributed by atoms with Crippen LogP contribution in [0.25, 0.3) is 0 Å². The van der Waals surface area contributed by atoms with Crippen molar-refractivity contribution in [2.75, 3.05) is 13.1 Å². The summed E-state index contributed by atoms with van der Waals surface area (Å²) in [6.45, 7) is 2.30. The van der Waals surface area contributed by atoms with E-state index in [9.17, 15) is 5.11 Å². The van der Waals surface area contributed by atoms with Crippen LogP contribution in [-0.2, 0) is 6.42 Å². The van der Waals surface area contributed by atoms with Gasteiger partial charge in [0.15, 0.2) is 0 Å². The summed E-state index contributed by atoms with van der Waals surface area (Å²) in [5, 5.41) is 13.3. The molecule has 0 bridgehead atoms. The first-order chi connectivity index (χ1) is 8.75. The van der Waals surface area contributed by atoms with E-state index in [4.69, 9.17) is 0 Å². The molecule has 0 aromatic heterocycles. The summed E-state index contributed by atoms with van der Waals surface area (Å²) >= 11 is 0. The molecular formula is C16H23NO. The van der Waals surface area contributed by atoms with Gasteiger partial charge in [0.2, 0.25) is 0 Å². The normalized spacial score (nSPS) is 22.9. The zero-order valence-corrected chi connectivity index (χ0v) is 11.0. The average molecular weight is 245 g/mol. The molecule has 1 aliphatic carbocycles. The van der Waals surface area contributed by atoms with Crippen molar-refractivity contribution in [3.63, 3.8) is 0 Å². The zero-order chi connectivity index (χ0) is 12.4. The zero-order valence-electron chi connectivity index (χ0n) is 11.0. The van der Waals surface area contributed by atoms with E-state index in [1.807, 2.05) is 0 Å². The first-order valence-corrected chi connectivity index (χ1v) is 7.27. The van der Waals surface area contributed by atoms with Gasteiger partial charge in [0.05, 0.1) is 5.60 Å². The standard InChI is InChI=1S/C16H23NO/c18-16(9-10-16)8-5-13-1-3-14(4-2-13)15-6-11-17-12-7-15/h1-4,15,17-18H,5-12H2. The van der Waals surface area contributed by atoms with Crippen molar-refractivity contribution in [3.05, 3.63) is 35.4 Å². The van der Waals surface area contributed by atoms with Crippen LogP contribution in [0, 0.1) is 0 Å². The first-order valence-electron chi connectivity index (χ1n) is 7.27. The Labute approximate surface area is 109 Å². The minimum Gasteiger partial charge on any atom is -0.390 e. The molecule has 0 spiro atoms. The molecule has 1 saturated heterocycles. The predicted octanol–water partition coefficient (Wildman–Crippen LogP) is 2.61. The fraction of sp³-hybridized carbons (Fsp3) is 0.625. The van der Waals surface area contributed by atoms with Crippen LogP contribution in [0.1, 0.15) is 49.1 Å². The molecule has 1 heterocycles. The molecule has 2 aliphatic rings. The summed E-state index contributed by atoms with van der Waals surface area (Å²) in [6, 6.07) is 9.09. The van der Waals surface area contributed by atoms with Gasteiger partial charge in [0.1, 0.15) is 0 Å². The molecule has 1 aliphatic heterocycles. The van der Waals surface area contributed by atoms with Gasteiger partial charge in [-0.1, -0.05) is 24.3 Å². The summed E-state index contributed by atoms with van der Waals surface area (Å²) in [7, 11) is 0. The second kappa shape index (κ2) is 5.02. The van der Waals surface area contributed by atoms with Crippen LogP contribution in [0.15, 0.2) is 24.3 Å². The lowest BCUT2D eigenvalue weighted by molar-refractivity contribution is 0.140. The lowest BCUT2D eigenvalue weighted by Crippen LogP contribution is -2.26. The highest BCUT2D eigenvalue weighted by Gasteiger charge is 2.39. The molecule has 98 valence electrons. The lowest BCUT2D eigenvalue weighted by Gasteiger charge is -2.23. The number of rotatable bonds is 4. The Kier molecular flexibility index (Phi) is 3.40. The van der Waals surface area contributed by atoms with Crippen LogP contribution in [0.3, 0.4) is 0 Å². The van der Waals surface area contributed by atoms with Gasteiger partial charge in [0.25, 0.3) is 0 Å². The van der Waals surface area contributed by atoms with E-state index < -0.39 is 0 Å². The van der Waals surface area contributed by atoms with Crippen LogP contribution in [-0.4, -0.2) is 23.8 Å². The summed E-state index contributed by atoms with van der Waals surface area (Å²) in [4.78, 5) is 0. The Balaban J connectivity index is 1.57. The fourth-order valence-electron chi connectivity index (χ4n) is 2.88. The SMILES string of the molecule is OC1(CCc2ccc(C3CCNCC3)cc2)CC1. The Morgan fingerprint density at radius 2 is 1.78 bits per heavy atom. The van der Waals surface area contributed by atoms with Crippen LogP contribution < -0.4 is 5.32 Å². The quantitative estimate of drug-likeness (QED) is 0.854. The van der Waals surface area contributed by atoms with Crippen LogP contribution in [0.5, 0.6) is 0 Å². The lowest BCUT2D eigenvalue weighted by atomic mass is 9.89. The molecule has 2 N–H and O–H groups in total. The molecule has 0 unspecified atom stereocenters. The second-order valence-electron chi connectivity index (χ2n) is 5.99. The third kappa shape index (κ3) is 2.93. The Morgan fingerprint density at radius 1 is 1.11 bits per heavy atom. The van der Waals surface area contributed by atoms with Gasteiger partial charge in [0, 0.05) is 0 Å². The van der Waals surface area contributed by atoms with Gasteiger partial charge >= 0.3 is 0 Å². The first kappa shape index (κ1) is 12.2. The smallest absolute Gasteiger partial charge is 0.0653 e. The molecule has 1 aromatic carbocycles. The average Bonchev–Trinajstić information content (AvgIpc) is 3.17. The Bertz CT molecular complexity index is 388. The second-order valence-corrected chi connectivity index (χ2v) is 5.99. The van der Waals surface area contributed by atoms with Crippen LogP contribution in [0.4, 0.5) is 0 Å². The van der Waals surface area contributed by atoms with Crippen molar-refractivity contribution < 1.29 is 5.11 Å². The largest absolute Gasteiger partial charge is 0.390 e. The van der Waals surface area contributed by atoms with E-state index in [2.05, 4.69) is 29.6 Å². The predicted molar refractivity (Wildman–Crippen MR) is 73.8 cm³/mol.